The van der Waals surface area contributed by atoms with Gasteiger partial charge in [0.1, 0.15) is 6.29 Å². The highest BCUT2D eigenvalue weighted by atomic mass is 32.2. The number of nitrogens with one attached hydrogen (secondary N) is 1. The zero-order valence-electron chi connectivity index (χ0n) is 6.04. The molecule has 5 aliphatic rings. The topological polar surface area (TPSA) is 29.1 Å². The van der Waals surface area contributed by atoms with E-state index in [2.05, 4.69) is 5.32 Å². The first-order chi connectivity index (χ1) is 5.40. The Morgan fingerprint density at radius 2 is 2.36 bits per heavy atom. The highest BCUT2D eigenvalue weighted by Gasteiger charge is 3.21. The SMILES string of the molecule is O=CC12C3C1C32C1NCCS1. The summed E-state index contributed by atoms with van der Waals surface area (Å²) in [5.41, 5.74) is 0.748. The van der Waals surface area contributed by atoms with Gasteiger partial charge in [-0.1, -0.05) is 0 Å². The van der Waals surface area contributed by atoms with E-state index >= 15 is 0 Å². The maximum absolute atomic E-state index is 10.7. The molecule has 3 atom stereocenters. The maximum Gasteiger partial charge on any atom is 0.127 e. The summed E-state index contributed by atoms with van der Waals surface area (Å²) in [6, 6.07) is 0. The van der Waals surface area contributed by atoms with Crippen LogP contribution in [-0.4, -0.2) is 24.0 Å². The summed E-state index contributed by atoms with van der Waals surface area (Å²) in [6.45, 7) is 1.14. The lowest BCUT2D eigenvalue weighted by atomic mass is 10.3. The van der Waals surface area contributed by atoms with Gasteiger partial charge in [0.15, 0.2) is 0 Å². The molecular formula is C8H9NOS. The van der Waals surface area contributed by atoms with Gasteiger partial charge in [-0.15, -0.1) is 11.8 Å². The molecule has 1 saturated heterocycles. The number of carbonyl (C=O) groups excluding carboxylic acids is 1. The first-order valence-corrected chi connectivity index (χ1v) is 5.27. The summed E-state index contributed by atoms with van der Waals surface area (Å²) in [4.78, 5) is 10.7. The Hall–Kier alpha value is -0.0200. The van der Waals surface area contributed by atoms with Crippen LogP contribution >= 0.6 is 11.8 Å². The third-order valence-electron chi connectivity index (χ3n) is 4.10. The van der Waals surface area contributed by atoms with Crippen molar-refractivity contribution in [1.82, 2.24) is 5.32 Å². The van der Waals surface area contributed by atoms with E-state index in [0.29, 0.717) is 10.8 Å². The van der Waals surface area contributed by atoms with Crippen LogP contribution in [0.1, 0.15) is 0 Å². The molecule has 0 aromatic rings. The smallest absolute Gasteiger partial charge is 0.127 e. The Kier molecular flexibility index (Phi) is 0.607. The van der Waals surface area contributed by atoms with Crippen LogP contribution < -0.4 is 5.32 Å². The molecule has 0 amide bonds. The molecule has 0 aromatic heterocycles. The van der Waals surface area contributed by atoms with Gasteiger partial charge in [-0.05, 0) is 11.8 Å². The summed E-state index contributed by atoms with van der Waals surface area (Å²) in [7, 11) is 0. The lowest BCUT2D eigenvalue weighted by molar-refractivity contribution is -0.109. The Labute approximate surface area is 69.1 Å². The second kappa shape index (κ2) is 1.19. The van der Waals surface area contributed by atoms with E-state index in [-0.39, 0.29) is 5.41 Å². The Morgan fingerprint density at radius 1 is 1.55 bits per heavy atom. The van der Waals surface area contributed by atoms with Crippen LogP contribution in [0, 0.1) is 22.7 Å². The first-order valence-electron chi connectivity index (χ1n) is 4.22. The maximum atomic E-state index is 10.7. The molecule has 3 unspecified atom stereocenters. The Balaban J connectivity index is 1.67. The van der Waals surface area contributed by atoms with E-state index in [0.717, 1.165) is 18.4 Å². The molecule has 4 aliphatic carbocycles. The molecule has 0 aromatic carbocycles. The molecule has 3 heteroatoms. The number of carbonyl (C=O) groups is 1. The van der Waals surface area contributed by atoms with Gasteiger partial charge >= 0.3 is 0 Å². The number of hydrogen-bond acceptors (Lipinski definition) is 3. The summed E-state index contributed by atoms with van der Waals surface area (Å²) in [6.07, 6.45) is 1.23. The molecule has 58 valence electrons. The van der Waals surface area contributed by atoms with E-state index in [1.54, 1.807) is 0 Å². The zero-order chi connectivity index (χ0) is 7.27. The van der Waals surface area contributed by atoms with Gasteiger partial charge in [0.05, 0.1) is 5.37 Å². The minimum Gasteiger partial charge on any atom is -0.304 e. The number of hydrogen-bond donors (Lipinski definition) is 1. The molecule has 0 spiro atoms. The first kappa shape index (κ1) is 5.60. The second-order valence-electron chi connectivity index (χ2n) is 4.14. The quantitative estimate of drug-likeness (QED) is 0.591. The fraction of sp³-hybridized carbons (Fsp3) is 0.875. The minimum atomic E-state index is 0.238. The predicted octanol–water partition coefficient (Wildman–Crippen LogP) is 0.0938. The predicted molar refractivity (Wildman–Crippen MR) is 42.2 cm³/mol. The van der Waals surface area contributed by atoms with Crippen molar-refractivity contribution in [1.29, 1.82) is 0 Å². The van der Waals surface area contributed by atoms with Crippen molar-refractivity contribution < 1.29 is 4.79 Å². The Bertz CT molecular complexity index is 261. The van der Waals surface area contributed by atoms with Crippen molar-refractivity contribution in [3.63, 3.8) is 0 Å². The third-order valence-corrected chi connectivity index (χ3v) is 5.43. The summed E-state index contributed by atoms with van der Waals surface area (Å²) in [5, 5.41) is 4.13. The summed E-state index contributed by atoms with van der Waals surface area (Å²) < 4.78 is 0. The van der Waals surface area contributed by atoms with Crippen LogP contribution in [0.3, 0.4) is 0 Å². The van der Waals surface area contributed by atoms with Gasteiger partial charge in [-0.25, -0.2) is 0 Å². The number of rotatable bonds is 2. The average molecular weight is 167 g/mol. The van der Waals surface area contributed by atoms with Gasteiger partial charge < -0.3 is 10.1 Å². The van der Waals surface area contributed by atoms with Crippen molar-refractivity contribution >= 4 is 18.0 Å². The fourth-order valence-corrected chi connectivity index (χ4v) is 4.74. The van der Waals surface area contributed by atoms with Gasteiger partial charge in [-0.2, -0.15) is 0 Å². The molecule has 5 rings (SSSR count). The summed E-state index contributed by atoms with van der Waals surface area (Å²) in [5.74, 6) is 2.90. The summed E-state index contributed by atoms with van der Waals surface area (Å²) >= 11 is 2.02. The largest absolute Gasteiger partial charge is 0.304 e. The van der Waals surface area contributed by atoms with Crippen molar-refractivity contribution in [2.75, 3.05) is 12.3 Å². The van der Waals surface area contributed by atoms with Gasteiger partial charge in [0.2, 0.25) is 0 Å². The second-order valence-corrected chi connectivity index (χ2v) is 5.36. The van der Waals surface area contributed by atoms with Gasteiger partial charge in [0, 0.05) is 23.1 Å². The van der Waals surface area contributed by atoms with Crippen molar-refractivity contribution in [2.24, 2.45) is 22.7 Å². The van der Waals surface area contributed by atoms with E-state index in [1.165, 1.54) is 12.0 Å². The molecule has 11 heavy (non-hydrogen) atoms. The van der Waals surface area contributed by atoms with E-state index in [1.807, 2.05) is 11.8 Å². The highest BCUT2D eigenvalue weighted by molar-refractivity contribution is 8.00. The van der Waals surface area contributed by atoms with Crippen LogP contribution in [0.15, 0.2) is 0 Å². The molecule has 2 nitrogen and oxygen atoms in total. The Morgan fingerprint density at radius 3 is 2.82 bits per heavy atom. The lowest BCUT2D eigenvalue weighted by Crippen LogP contribution is -2.23. The van der Waals surface area contributed by atoms with E-state index in [9.17, 15) is 4.79 Å². The molecule has 1 aliphatic heterocycles. The van der Waals surface area contributed by atoms with E-state index < -0.39 is 0 Å². The van der Waals surface area contributed by atoms with Gasteiger partial charge in [-0.3, -0.25) is 0 Å². The van der Waals surface area contributed by atoms with E-state index in [4.69, 9.17) is 0 Å². The third kappa shape index (κ3) is 0.314. The van der Waals surface area contributed by atoms with Crippen LogP contribution in [-0.2, 0) is 4.79 Å². The molecule has 4 saturated carbocycles. The molecule has 0 bridgehead atoms. The van der Waals surface area contributed by atoms with Crippen molar-refractivity contribution in [3.05, 3.63) is 0 Å². The monoisotopic (exact) mass is 167 g/mol. The molecule has 5 fully saturated rings. The molecule has 1 N–H and O–H groups in total. The normalized spacial score (nSPS) is 74.0. The molecule has 0 radical (unpaired) electrons. The standard InChI is InChI=1S/C8H9NOS/c10-3-7-4-5(7)8(4,7)6-9-1-2-11-6/h3-6,9H,1-2H2. The van der Waals surface area contributed by atoms with Crippen LogP contribution in [0.25, 0.3) is 0 Å². The minimum absolute atomic E-state index is 0.238. The number of aldehydes is 1. The lowest BCUT2D eigenvalue weighted by Gasteiger charge is -2.05. The van der Waals surface area contributed by atoms with Crippen LogP contribution in [0.4, 0.5) is 0 Å². The zero-order valence-corrected chi connectivity index (χ0v) is 6.86. The number of thioether (sulfide) groups is 1. The fourth-order valence-electron chi connectivity index (χ4n) is 3.26. The average Bonchev–Trinajstić information content (AvgIpc) is 2.95. The molecule has 1 heterocycles. The van der Waals surface area contributed by atoms with Crippen molar-refractivity contribution in [2.45, 2.75) is 5.37 Å². The van der Waals surface area contributed by atoms with Crippen molar-refractivity contribution in [3.8, 4) is 0 Å². The van der Waals surface area contributed by atoms with Crippen LogP contribution in [0.2, 0.25) is 0 Å². The van der Waals surface area contributed by atoms with Crippen LogP contribution in [0.5, 0.6) is 0 Å². The van der Waals surface area contributed by atoms with Gasteiger partial charge in [0.25, 0.3) is 0 Å². The highest BCUT2D eigenvalue weighted by Crippen LogP contribution is 3.18. The molecular weight excluding hydrogens is 158 g/mol.